The summed E-state index contributed by atoms with van der Waals surface area (Å²) in [5.41, 5.74) is 1.64. The largest absolute Gasteiger partial charge is 0.369 e. The fourth-order valence-electron chi connectivity index (χ4n) is 3.50. The van der Waals surface area contributed by atoms with E-state index in [1.165, 1.54) is 16.8 Å². The molecule has 154 valence electrons. The number of carbonyl (C=O) groups is 1. The van der Waals surface area contributed by atoms with Gasteiger partial charge in [0.2, 0.25) is 5.91 Å². The zero-order valence-corrected chi connectivity index (χ0v) is 16.1. The fraction of sp³-hybridized carbons (Fsp3) is 0.227. The Hall–Kier alpha value is -3.55. The molecule has 30 heavy (non-hydrogen) atoms. The van der Waals surface area contributed by atoms with E-state index in [1.54, 1.807) is 6.20 Å². The standard InChI is InChI=1S/C22H20F2N4O2/c23-19-7-6-17(10-20(19)24)26-22(30)16-8-9-27(14-16)18-11-21(29)28(25-12-18)13-15-4-2-1-3-5-15/h1-7,10-12,16H,8-9,13-14H2,(H,26,30). The number of hydrogen-bond acceptors (Lipinski definition) is 4. The highest BCUT2D eigenvalue weighted by Gasteiger charge is 2.29. The molecule has 0 bridgehead atoms. The fourth-order valence-corrected chi connectivity index (χ4v) is 3.50. The SMILES string of the molecule is O=C(Nc1ccc(F)c(F)c1)C1CCN(c2cnn(Cc3ccccc3)c(=O)c2)C1. The maximum Gasteiger partial charge on any atom is 0.269 e. The number of carbonyl (C=O) groups excluding carboxylic acids is 1. The Morgan fingerprint density at radius 1 is 1.10 bits per heavy atom. The lowest BCUT2D eigenvalue weighted by atomic mass is 10.1. The van der Waals surface area contributed by atoms with Crippen molar-refractivity contribution < 1.29 is 13.6 Å². The van der Waals surface area contributed by atoms with Gasteiger partial charge in [-0.05, 0) is 24.1 Å². The van der Waals surface area contributed by atoms with Crippen LogP contribution in [0.4, 0.5) is 20.2 Å². The zero-order valence-electron chi connectivity index (χ0n) is 16.1. The molecule has 6 nitrogen and oxygen atoms in total. The summed E-state index contributed by atoms with van der Waals surface area (Å²) in [7, 11) is 0. The van der Waals surface area contributed by atoms with E-state index in [4.69, 9.17) is 0 Å². The normalized spacial score (nSPS) is 15.9. The minimum Gasteiger partial charge on any atom is -0.369 e. The summed E-state index contributed by atoms with van der Waals surface area (Å²) in [4.78, 5) is 26.8. The van der Waals surface area contributed by atoms with Gasteiger partial charge in [0.1, 0.15) is 0 Å². The minimum absolute atomic E-state index is 0.211. The summed E-state index contributed by atoms with van der Waals surface area (Å²) in [5.74, 6) is -2.57. The number of rotatable bonds is 5. The Morgan fingerprint density at radius 2 is 1.90 bits per heavy atom. The van der Waals surface area contributed by atoms with E-state index in [-0.39, 0.29) is 23.1 Å². The van der Waals surface area contributed by atoms with Crippen LogP contribution in [0, 0.1) is 17.6 Å². The number of benzene rings is 2. The number of halogens is 2. The molecule has 1 aromatic heterocycles. The summed E-state index contributed by atoms with van der Waals surface area (Å²) in [6.07, 6.45) is 2.21. The van der Waals surface area contributed by atoms with Crippen molar-refractivity contribution in [3.8, 4) is 0 Å². The number of amides is 1. The van der Waals surface area contributed by atoms with Crippen LogP contribution in [0.3, 0.4) is 0 Å². The van der Waals surface area contributed by atoms with E-state index < -0.39 is 11.6 Å². The van der Waals surface area contributed by atoms with Crippen LogP contribution in [0.5, 0.6) is 0 Å². The van der Waals surface area contributed by atoms with Crippen LogP contribution in [0.1, 0.15) is 12.0 Å². The Bertz CT molecular complexity index is 1120. The number of nitrogens with zero attached hydrogens (tertiary/aromatic N) is 3. The van der Waals surface area contributed by atoms with E-state index in [1.807, 2.05) is 35.2 Å². The molecule has 4 rings (SSSR count). The van der Waals surface area contributed by atoms with Crippen LogP contribution in [0.2, 0.25) is 0 Å². The van der Waals surface area contributed by atoms with Crippen molar-refractivity contribution in [1.29, 1.82) is 0 Å². The van der Waals surface area contributed by atoms with Gasteiger partial charge in [0, 0.05) is 30.9 Å². The Kier molecular flexibility index (Phi) is 5.56. The molecular weight excluding hydrogens is 390 g/mol. The predicted molar refractivity (Wildman–Crippen MR) is 109 cm³/mol. The second-order valence-corrected chi connectivity index (χ2v) is 7.25. The van der Waals surface area contributed by atoms with Gasteiger partial charge < -0.3 is 10.2 Å². The van der Waals surface area contributed by atoms with Crippen molar-refractivity contribution in [2.75, 3.05) is 23.3 Å². The molecule has 1 N–H and O–H groups in total. The van der Waals surface area contributed by atoms with Gasteiger partial charge in [-0.3, -0.25) is 9.59 Å². The van der Waals surface area contributed by atoms with Crippen LogP contribution in [-0.2, 0) is 11.3 Å². The molecule has 0 spiro atoms. The highest BCUT2D eigenvalue weighted by molar-refractivity contribution is 5.93. The van der Waals surface area contributed by atoms with Crippen LogP contribution in [0.25, 0.3) is 0 Å². The average molecular weight is 410 g/mol. The first-order chi connectivity index (χ1) is 14.5. The second kappa shape index (κ2) is 8.44. The maximum atomic E-state index is 13.3. The molecule has 1 aliphatic heterocycles. The second-order valence-electron chi connectivity index (χ2n) is 7.25. The lowest BCUT2D eigenvalue weighted by Crippen LogP contribution is -2.29. The molecule has 1 saturated heterocycles. The van der Waals surface area contributed by atoms with E-state index in [2.05, 4.69) is 10.4 Å². The molecule has 1 fully saturated rings. The Morgan fingerprint density at radius 3 is 2.63 bits per heavy atom. The third-order valence-corrected chi connectivity index (χ3v) is 5.14. The van der Waals surface area contributed by atoms with E-state index in [9.17, 15) is 18.4 Å². The third kappa shape index (κ3) is 4.37. The Labute approximate surface area is 171 Å². The van der Waals surface area contributed by atoms with Gasteiger partial charge in [-0.1, -0.05) is 30.3 Å². The molecule has 3 aromatic rings. The summed E-state index contributed by atoms with van der Waals surface area (Å²) >= 11 is 0. The molecule has 1 atom stereocenters. The molecule has 1 unspecified atom stereocenters. The van der Waals surface area contributed by atoms with Crippen molar-refractivity contribution in [3.05, 3.63) is 88.3 Å². The molecular formula is C22H20F2N4O2. The summed E-state index contributed by atoms with van der Waals surface area (Å²) < 4.78 is 27.7. The highest BCUT2D eigenvalue weighted by atomic mass is 19.2. The van der Waals surface area contributed by atoms with Crippen molar-refractivity contribution >= 4 is 17.3 Å². The van der Waals surface area contributed by atoms with Gasteiger partial charge in [-0.2, -0.15) is 5.10 Å². The molecule has 8 heteroatoms. The van der Waals surface area contributed by atoms with Crippen LogP contribution < -0.4 is 15.8 Å². The van der Waals surface area contributed by atoms with E-state index in [0.717, 1.165) is 17.7 Å². The first-order valence-electron chi connectivity index (χ1n) is 9.61. The number of aromatic nitrogens is 2. The van der Waals surface area contributed by atoms with E-state index >= 15 is 0 Å². The molecule has 2 aromatic carbocycles. The first-order valence-corrected chi connectivity index (χ1v) is 9.61. The van der Waals surface area contributed by atoms with Crippen LogP contribution >= 0.6 is 0 Å². The van der Waals surface area contributed by atoms with Gasteiger partial charge in [0.15, 0.2) is 11.6 Å². The van der Waals surface area contributed by atoms with Gasteiger partial charge in [0.05, 0.1) is 24.3 Å². The molecule has 1 amide bonds. The average Bonchev–Trinajstić information content (AvgIpc) is 3.23. The minimum atomic E-state index is -1.01. The lowest BCUT2D eigenvalue weighted by Gasteiger charge is -2.18. The molecule has 0 saturated carbocycles. The van der Waals surface area contributed by atoms with Crippen molar-refractivity contribution in [3.63, 3.8) is 0 Å². The smallest absolute Gasteiger partial charge is 0.269 e. The summed E-state index contributed by atoms with van der Waals surface area (Å²) in [6.45, 7) is 1.40. The summed E-state index contributed by atoms with van der Waals surface area (Å²) in [5, 5.41) is 6.88. The van der Waals surface area contributed by atoms with Crippen LogP contribution in [0.15, 0.2) is 65.6 Å². The van der Waals surface area contributed by atoms with Crippen LogP contribution in [-0.4, -0.2) is 28.8 Å². The lowest BCUT2D eigenvalue weighted by molar-refractivity contribution is -0.119. The first kappa shape index (κ1) is 19.8. The van der Waals surface area contributed by atoms with Gasteiger partial charge in [-0.25, -0.2) is 13.5 Å². The monoisotopic (exact) mass is 410 g/mol. The molecule has 0 radical (unpaired) electrons. The number of nitrogens with one attached hydrogen (secondary N) is 1. The highest BCUT2D eigenvalue weighted by Crippen LogP contribution is 2.24. The summed E-state index contributed by atoms with van der Waals surface area (Å²) in [6, 6.07) is 14.4. The van der Waals surface area contributed by atoms with Gasteiger partial charge in [-0.15, -0.1) is 0 Å². The number of anilines is 2. The van der Waals surface area contributed by atoms with Crippen molar-refractivity contribution in [2.24, 2.45) is 5.92 Å². The maximum absolute atomic E-state index is 13.3. The molecule has 0 aliphatic carbocycles. The van der Waals surface area contributed by atoms with Gasteiger partial charge in [0.25, 0.3) is 5.56 Å². The predicted octanol–water partition coefficient (Wildman–Crippen LogP) is 3.03. The van der Waals surface area contributed by atoms with E-state index in [0.29, 0.717) is 31.7 Å². The molecule has 2 heterocycles. The molecule has 1 aliphatic rings. The van der Waals surface area contributed by atoms with Crippen molar-refractivity contribution in [1.82, 2.24) is 9.78 Å². The third-order valence-electron chi connectivity index (χ3n) is 5.14. The Balaban J connectivity index is 1.40. The topological polar surface area (TPSA) is 67.2 Å². The van der Waals surface area contributed by atoms with Gasteiger partial charge >= 0.3 is 0 Å². The van der Waals surface area contributed by atoms with Crippen molar-refractivity contribution in [2.45, 2.75) is 13.0 Å². The quantitative estimate of drug-likeness (QED) is 0.702. The zero-order chi connectivity index (χ0) is 21.1. The number of hydrogen-bond donors (Lipinski definition) is 1.